The van der Waals surface area contributed by atoms with Crippen molar-refractivity contribution in [1.82, 2.24) is 10.2 Å². The van der Waals surface area contributed by atoms with Crippen LogP contribution < -0.4 is 9.62 Å². The number of rotatable bonds is 6. The molecule has 4 rings (SSSR count). The molecule has 2 aliphatic heterocycles. The molecule has 2 aromatic carbocycles. The molecule has 2 heterocycles. The molecule has 0 radical (unpaired) electrons. The highest BCUT2D eigenvalue weighted by molar-refractivity contribution is 7.94. The average Bonchev–Trinajstić information content (AvgIpc) is 3.36. The largest absolute Gasteiger partial charge is 0.350 e. The van der Waals surface area contributed by atoms with Crippen molar-refractivity contribution in [3.8, 4) is 0 Å². The van der Waals surface area contributed by atoms with Crippen LogP contribution in [0.3, 0.4) is 0 Å². The molecule has 32 heavy (non-hydrogen) atoms. The number of carbonyl (C=O) groups excluding carboxylic acids is 2. The lowest BCUT2D eigenvalue weighted by Gasteiger charge is -2.28. The Balaban J connectivity index is 1.46. The summed E-state index contributed by atoms with van der Waals surface area (Å²) in [4.78, 5) is 27.5. The Morgan fingerprint density at radius 1 is 1.06 bits per heavy atom. The van der Waals surface area contributed by atoms with E-state index < -0.39 is 21.8 Å². The Bertz CT molecular complexity index is 1090. The highest BCUT2D eigenvalue weighted by Gasteiger charge is 2.41. The quantitative estimate of drug-likeness (QED) is 0.724. The van der Waals surface area contributed by atoms with Crippen molar-refractivity contribution in [2.45, 2.75) is 32.7 Å². The fourth-order valence-corrected chi connectivity index (χ4v) is 6.25. The lowest BCUT2D eigenvalue weighted by Crippen LogP contribution is -2.36. The van der Waals surface area contributed by atoms with E-state index in [9.17, 15) is 18.0 Å². The van der Waals surface area contributed by atoms with E-state index in [2.05, 4.69) is 41.4 Å². The summed E-state index contributed by atoms with van der Waals surface area (Å²) in [5.74, 6) is -1.41. The number of nitrogens with zero attached hydrogens (tertiary/aromatic N) is 2. The number of hydrogen-bond acceptors (Lipinski definition) is 5. The van der Waals surface area contributed by atoms with Gasteiger partial charge in [0.25, 0.3) is 5.91 Å². The molecular weight excluding hydrogens is 426 g/mol. The maximum absolute atomic E-state index is 12.8. The van der Waals surface area contributed by atoms with Crippen LogP contribution in [0.4, 0.5) is 5.69 Å². The Morgan fingerprint density at radius 2 is 1.69 bits per heavy atom. The highest BCUT2D eigenvalue weighted by Crippen LogP contribution is 2.29. The molecule has 2 atom stereocenters. The molecule has 170 valence electrons. The highest BCUT2D eigenvalue weighted by atomic mass is 32.2. The van der Waals surface area contributed by atoms with Gasteiger partial charge in [-0.15, -0.1) is 0 Å². The molecule has 1 N–H and O–H groups in total. The molecule has 0 saturated carbocycles. The molecule has 2 unspecified atom stereocenters. The summed E-state index contributed by atoms with van der Waals surface area (Å²) in [7, 11) is -3.66. The maximum Gasteiger partial charge on any atom is 0.251 e. The summed E-state index contributed by atoms with van der Waals surface area (Å²) >= 11 is 0. The number of nitrogens with one attached hydrogen (secondary N) is 1. The maximum atomic E-state index is 12.8. The van der Waals surface area contributed by atoms with Crippen LogP contribution in [0.15, 0.2) is 48.5 Å². The first-order valence-electron chi connectivity index (χ1n) is 11.0. The van der Waals surface area contributed by atoms with Crippen molar-refractivity contribution < 1.29 is 18.0 Å². The number of likely N-dealkylation sites (tertiary alicyclic amines) is 1. The van der Waals surface area contributed by atoms with Gasteiger partial charge in [0, 0.05) is 12.1 Å². The zero-order valence-corrected chi connectivity index (χ0v) is 19.3. The second-order valence-corrected chi connectivity index (χ2v) is 10.6. The molecule has 2 saturated heterocycles. The summed E-state index contributed by atoms with van der Waals surface area (Å²) in [5, 5.41) is 3.03. The minimum atomic E-state index is -3.66. The fraction of sp³-hybridized carbons (Fsp3) is 0.417. The molecule has 0 aliphatic carbocycles. The third kappa shape index (κ3) is 4.56. The zero-order valence-electron chi connectivity index (χ0n) is 18.5. The SMILES string of the molecule is Cc1ccc(C(CNC(=O)c2ccc(N3C(=O)C(C)CS3(=O)=O)cc2)N2CCCC2)cc1. The minimum absolute atomic E-state index is 0.107. The second kappa shape index (κ2) is 9.03. The third-order valence-corrected chi connectivity index (χ3v) is 8.09. The lowest BCUT2D eigenvalue weighted by atomic mass is 10.0. The Kier molecular flexibility index (Phi) is 6.35. The Hall–Kier alpha value is -2.71. The number of benzene rings is 2. The van der Waals surface area contributed by atoms with Gasteiger partial charge in [-0.25, -0.2) is 12.7 Å². The molecular formula is C24H29N3O4S. The Labute approximate surface area is 189 Å². The van der Waals surface area contributed by atoms with Gasteiger partial charge < -0.3 is 5.32 Å². The molecule has 0 bridgehead atoms. The van der Waals surface area contributed by atoms with Crippen LogP contribution in [0.1, 0.15) is 47.3 Å². The molecule has 2 aliphatic rings. The van der Waals surface area contributed by atoms with E-state index in [1.165, 1.54) is 23.3 Å². The summed E-state index contributed by atoms with van der Waals surface area (Å²) < 4.78 is 25.4. The van der Waals surface area contributed by atoms with E-state index in [-0.39, 0.29) is 23.4 Å². The van der Waals surface area contributed by atoms with E-state index in [0.717, 1.165) is 30.2 Å². The molecule has 0 aromatic heterocycles. The van der Waals surface area contributed by atoms with Gasteiger partial charge in [-0.3, -0.25) is 14.5 Å². The number of hydrogen-bond donors (Lipinski definition) is 1. The molecule has 2 aromatic rings. The number of sulfonamides is 1. The van der Waals surface area contributed by atoms with Gasteiger partial charge in [-0.05, 0) is 62.7 Å². The number of carbonyl (C=O) groups is 2. The van der Waals surface area contributed by atoms with Gasteiger partial charge in [-0.1, -0.05) is 36.8 Å². The van der Waals surface area contributed by atoms with Gasteiger partial charge in [0.2, 0.25) is 15.9 Å². The molecule has 7 nitrogen and oxygen atoms in total. The minimum Gasteiger partial charge on any atom is -0.350 e. The van der Waals surface area contributed by atoms with Crippen molar-refractivity contribution in [2.75, 3.05) is 29.7 Å². The van der Waals surface area contributed by atoms with Gasteiger partial charge in [0.05, 0.1) is 23.4 Å². The van der Waals surface area contributed by atoms with Gasteiger partial charge in [-0.2, -0.15) is 0 Å². The lowest BCUT2D eigenvalue weighted by molar-refractivity contribution is -0.119. The zero-order chi connectivity index (χ0) is 22.9. The van der Waals surface area contributed by atoms with E-state index >= 15 is 0 Å². The van der Waals surface area contributed by atoms with Crippen LogP contribution in [0, 0.1) is 12.8 Å². The molecule has 8 heteroatoms. The second-order valence-electron chi connectivity index (χ2n) is 8.71. The van der Waals surface area contributed by atoms with E-state index in [0.29, 0.717) is 12.1 Å². The Morgan fingerprint density at radius 3 is 2.25 bits per heavy atom. The van der Waals surface area contributed by atoms with Crippen LogP contribution in [-0.4, -0.2) is 50.5 Å². The van der Waals surface area contributed by atoms with Crippen molar-refractivity contribution in [2.24, 2.45) is 5.92 Å². The summed E-state index contributed by atoms with van der Waals surface area (Å²) in [6.45, 7) is 6.17. The molecule has 2 fully saturated rings. The molecule has 2 amide bonds. The van der Waals surface area contributed by atoms with Crippen LogP contribution in [0.25, 0.3) is 0 Å². The topological polar surface area (TPSA) is 86.8 Å². The first-order valence-corrected chi connectivity index (χ1v) is 12.6. The summed E-state index contributed by atoms with van der Waals surface area (Å²) in [6, 6.07) is 14.7. The normalized spacial score (nSPS) is 21.6. The number of amides is 2. The van der Waals surface area contributed by atoms with Crippen LogP contribution in [0.2, 0.25) is 0 Å². The van der Waals surface area contributed by atoms with Gasteiger partial charge in [0.15, 0.2) is 0 Å². The first kappa shape index (κ1) is 22.5. The third-order valence-electron chi connectivity index (χ3n) is 6.22. The standard InChI is InChI=1S/C24H29N3O4S/c1-17-5-7-19(8-6-17)22(26-13-3-4-14-26)15-25-23(28)20-9-11-21(12-10-20)27-24(29)18(2)16-32(27,30)31/h5-12,18,22H,3-4,13-16H2,1-2H3,(H,25,28). The fourth-order valence-electron chi connectivity index (χ4n) is 4.43. The predicted molar refractivity (Wildman–Crippen MR) is 124 cm³/mol. The van der Waals surface area contributed by atoms with Crippen molar-refractivity contribution in [3.05, 3.63) is 65.2 Å². The number of anilines is 1. The number of aryl methyl sites for hydroxylation is 1. The van der Waals surface area contributed by atoms with Crippen molar-refractivity contribution in [1.29, 1.82) is 0 Å². The van der Waals surface area contributed by atoms with Crippen LogP contribution in [0.5, 0.6) is 0 Å². The van der Waals surface area contributed by atoms with Gasteiger partial charge in [0.1, 0.15) is 0 Å². The monoisotopic (exact) mass is 455 g/mol. The molecule has 0 spiro atoms. The summed E-state index contributed by atoms with van der Waals surface area (Å²) in [6.07, 6.45) is 2.32. The average molecular weight is 456 g/mol. The van der Waals surface area contributed by atoms with E-state index in [1.807, 2.05) is 0 Å². The van der Waals surface area contributed by atoms with E-state index in [1.54, 1.807) is 19.1 Å². The van der Waals surface area contributed by atoms with Crippen molar-refractivity contribution >= 4 is 27.5 Å². The predicted octanol–water partition coefficient (Wildman–Crippen LogP) is 2.87. The van der Waals surface area contributed by atoms with Crippen molar-refractivity contribution in [3.63, 3.8) is 0 Å². The van der Waals surface area contributed by atoms with Gasteiger partial charge >= 0.3 is 0 Å². The van der Waals surface area contributed by atoms with Crippen LogP contribution >= 0.6 is 0 Å². The van der Waals surface area contributed by atoms with E-state index in [4.69, 9.17) is 0 Å². The smallest absolute Gasteiger partial charge is 0.251 e. The first-order chi connectivity index (χ1) is 15.3. The summed E-state index contributed by atoms with van der Waals surface area (Å²) in [5.41, 5.74) is 3.08. The van der Waals surface area contributed by atoms with Crippen LogP contribution in [-0.2, 0) is 14.8 Å².